The average Bonchev–Trinajstić information content (AvgIpc) is 2.90. The molecular weight excluding hydrogens is 290 g/mol. The lowest BCUT2D eigenvalue weighted by Gasteiger charge is -2.16. The maximum Gasteiger partial charge on any atom is 0.182 e. The van der Waals surface area contributed by atoms with E-state index in [1.165, 1.54) is 0 Å². The molecule has 1 aromatic rings. The number of hydrogen-bond donors (Lipinski definition) is 1. The average molecular weight is 307 g/mol. The highest BCUT2D eigenvalue weighted by molar-refractivity contribution is 7.91. The summed E-state index contributed by atoms with van der Waals surface area (Å²) in [5, 5.41) is 0.557. The molecule has 9 heteroatoms. The highest BCUT2D eigenvalue weighted by Gasteiger charge is 2.36. The topological polar surface area (TPSA) is 94.7 Å². The summed E-state index contributed by atoms with van der Waals surface area (Å²) < 4.78 is 38.2. The van der Waals surface area contributed by atoms with Crippen molar-refractivity contribution < 1.29 is 17.9 Å². The number of nitrogens with two attached hydrogens (primary N) is 1. The van der Waals surface area contributed by atoms with Crippen LogP contribution in [-0.2, 0) is 19.3 Å². The molecule has 1 aromatic heterocycles. The summed E-state index contributed by atoms with van der Waals surface area (Å²) >= 11 is 1.09. The van der Waals surface area contributed by atoms with E-state index < -0.39 is 9.84 Å². The van der Waals surface area contributed by atoms with Gasteiger partial charge in [0.1, 0.15) is 22.1 Å². The maximum atomic E-state index is 11.8. The smallest absolute Gasteiger partial charge is 0.182 e. The van der Waals surface area contributed by atoms with Crippen molar-refractivity contribution in [3.8, 4) is 0 Å². The molecule has 1 fully saturated rings. The van der Waals surface area contributed by atoms with Gasteiger partial charge in [-0.05, 0) is 11.5 Å². The lowest BCUT2D eigenvalue weighted by atomic mass is 10.3. The van der Waals surface area contributed by atoms with Crippen LogP contribution in [0.2, 0.25) is 0 Å². The Kier molecular flexibility index (Phi) is 4.00. The van der Waals surface area contributed by atoms with Gasteiger partial charge in [-0.2, -0.15) is 4.37 Å². The number of hydrogen-bond acceptors (Lipinski definition) is 8. The van der Waals surface area contributed by atoms with E-state index in [2.05, 4.69) is 4.37 Å². The standard InChI is InChI=1S/C10H17N3O4S2/c1-16-6-4-13(5-7(6)17-2)10-8(19(3,14)15)9(11)12-18-10/h6-7H,4-5H2,1-3H3,(H2,11,12). The molecule has 2 atom stereocenters. The Labute approximate surface area is 116 Å². The van der Waals surface area contributed by atoms with Gasteiger partial charge in [-0.3, -0.25) is 0 Å². The van der Waals surface area contributed by atoms with Crippen LogP contribution in [0.5, 0.6) is 0 Å². The number of sulfone groups is 1. The summed E-state index contributed by atoms with van der Waals surface area (Å²) in [6.07, 6.45) is 0.940. The van der Waals surface area contributed by atoms with Crippen LogP contribution in [-0.4, -0.2) is 58.6 Å². The molecule has 19 heavy (non-hydrogen) atoms. The predicted molar refractivity (Wildman–Crippen MR) is 73.4 cm³/mol. The summed E-state index contributed by atoms with van der Waals surface area (Å²) in [6.45, 7) is 1.11. The summed E-state index contributed by atoms with van der Waals surface area (Å²) in [7, 11) is -0.187. The van der Waals surface area contributed by atoms with E-state index in [1.54, 1.807) is 14.2 Å². The monoisotopic (exact) mass is 307 g/mol. The second kappa shape index (κ2) is 5.23. The van der Waals surface area contributed by atoms with Crippen molar-refractivity contribution in [3.63, 3.8) is 0 Å². The molecule has 0 amide bonds. The largest absolute Gasteiger partial charge is 0.382 e. The molecule has 2 rings (SSSR count). The number of anilines is 2. The van der Waals surface area contributed by atoms with E-state index >= 15 is 0 Å². The minimum atomic E-state index is -3.41. The van der Waals surface area contributed by atoms with E-state index in [0.29, 0.717) is 18.1 Å². The first-order valence-electron chi connectivity index (χ1n) is 5.64. The van der Waals surface area contributed by atoms with Gasteiger partial charge in [0.25, 0.3) is 0 Å². The van der Waals surface area contributed by atoms with Crippen LogP contribution in [0.4, 0.5) is 10.8 Å². The van der Waals surface area contributed by atoms with Crippen molar-refractivity contribution in [1.29, 1.82) is 0 Å². The van der Waals surface area contributed by atoms with Crippen LogP contribution in [0.15, 0.2) is 4.90 Å². The van der Waals surface area contributed by atoms with Crippen LogP contribution >= 0.6 is 11.5 Å². The van der Waals surface area contributed by atoms with Gasteiger partial charge >= 0.3 is 0 Å². The Bertz CT molecular complexity index is 545. The maximum absolute atomic E-state index is 11.8. The van der Waals surface area contributed by atoms with Gasteiger partial charge in [-0.1, -0.05) is 0 Å². The Morgan fingerprint density at radius 2 is 1.84 bits per heavy atom. The molecule has 0 bridgehead atoms. The molecule has 0 aliphatic carbocycles. The van der Waals surface area contributed by atoms with Crippen molar-refractivity contribution in [1.82, 2.24) is 4.37 Å². The molecule has 1 aliphatic rings. The molecule has 0 radical (unpaired) electrons. The third-order valence-corrected chi connectivity index (χ3v) is 5.33. The molecule has 7 nitrogen and oxygen atoms in total. The summed E-state index contributed by atoms with van der Waals surface area (Å²) in [4.78, 5) is 2.00. The number of methoxy groups -OCH3 is 2. The Morgan fingerprint density at radius 3 is 2.26 bits per heavy atom. The first kappa shape index (κ1) is 14.5. The highest BCUT2D eigenvalue weighted by Crippen LogP contribution is 2.36. The third kappa shape index (κ3) is 2.69. The first-order chi connectivity index (χ1) is 8.88. The number of ether oxygens (including phenoxy) is 2. The molecule has 2 N–H and O–H groups in total. The summed E-state index contributed by atoms with van der Waals surface area (Å²) in [6, 6.07) is 0. The molecule has 0 aromatic carbocycles. The van der Waals surface area contributed by atoms with E-state index in [1.807, 2.05) is 4.90 Å². The lowest BCUT2D eigenvalue weighted by molar-refractivity contribution is -0.00461. The fourth-order valence-corrected chi connectivity index (χ4v) is 4.42. The minimum Gasteiger partial charge on any atom is -0.382 e. The second-order valence-corrected chi connectivity index (χ2v) is 7.13. The Hall–Kier alpha value is -0.900. The van der Waals surface area contributed by atoms with E-state index in [4.69, 9.17) is 15.2 Å². The number of nitrogen functional groups attached to an aromatic ring is 1. The van der Waals surface area contributed by atoms with Crippen molar-refractivity contribution in [2.75, 3.05) is 44.2 Å². The lowest BCUT2D eigenvalue weighted by Crippen LogP contribution is -2.27. The number of rotatable bonds is 4. The predicted octanol–water partition coefficient (Wildman–Crippen LogP) is -0.0212. The normalized spacial score (nSPS) is 24.1. The van der Waals surface area contributed by atoms with Crippen LogP contribution in [0.3, 0.4) is 0 Å². The molecule has 2 heterocycles. The van der Waals surface area contributed by atoms with Gasteiger partial charge in [0, 0.05) is 33.6 Å². The molecule has 2 unspecified atom stereocenters. The molecular formula is C10H17N3O4S2. The molecule has 1 saturated heterocycles. The quantitative estimate of drug-likeness (QED) is 0.835. The zero-order valence-electron chi connectivity index (χ0n) is 11.0. The number of aromatic nitrogens is 1. The minimum absolute atomic E-state index is 0.0531. The summed E-state index contributed by atoms with van der Waals surface area (Å²) in [5.41, 5.74) is 5.66. The number of nitrogens with zero attached hydrogens (tertiary/aromatic N) is 2. The SMILES string of the molecule is COC1CN(c2snc(N)c2S(C)(=O)=O)CC1OC. The fraction of sp³-hybridized carbons (Fsp3) is 0.700. The van der Waals surface area contributed by atoms with Gasteiger partial charge in [0.2, 0.25) is 0 Å². The van der Waals surface area contributed by atoms with Crippen molar-refractivity contribution in [2.45, 2.75) is 17.1 Å². The fourth-order valence-electron chi connectivity index (χ4n) is 2.20. The van der Waals surface area contributed by atoms with E-state index in [0.717, 1.165) is 17.8 Å². The third-order valence-electron chi connectivity index (χ3n) is 3.14. The van der Waals surface area contributed by atoms with Crippen LogP contribution in [0.1, 0.15) is 0 Å². The van der Waals surface area contributed by atoms with Gasteiger partial charge in [0.05, 0.1) is 0 Å². The highest BCUT2D eigenvalue weighted by atomic mass is 32.2. The van der Waals surface area contributed by atoms with E-state index in [9.17, 15) is 8.42 Å². The van der Waals surface area contributed by atoms with Gasteiger partial charge in [-0.25, -0.2) is 8.42 Å². The van der Waals surface area contributed by atoms with Gasteiger partial charge < -0.3 is 20.1 Å². The second-order valence-electron chi connectivity index (χ2n) is 4.43. The van der Waals surface area contributed by atoms with Crippen molar-refractivity contribution in [2.24, 2.45) is 0 Å². The van der Waals surface area contributed by atoms with Crippen LogP contribution < -0.4 is 10.6 Å². The zero-order chi connectivity index (χ0) is 14.2. The van der Waals surface area contributed by atoms with Crippen molar-refractivity contribution >= 4 is 32.2 Å². The van der Waals surface area contributed by atoms with Gasteiger partial charge in [0.15, 0.2) is 15.7 Å². The molecule has 108 valence electrons. The van der Waals surface area contributed by atoms with E-state index in [-0.39, 0.29) is 22.9 Å². The summed E-state index contributed by atoms with van der Waals surface area (Å²) in [5.74, 6) is 0.0531. The molecule has 1 aliphatic heterocycles. The van der Waals surface area contributed by atoms with Gasteiger partial charge in [-0.15, -0.1) is 0 Å². The van der Waals surface area contributed by atoms with Crippen LogP contribution in [0.25, 0.3) is 0 Å². The van der Waals surface area contributed by atoms with Crippen molar-refractivity contribution in [3.05, 3.63) is 0 Å². The first-order valence-corrected chi connectivity index (χ1v) is 8.30. The Balaban J connectivity index is 2.35. The van der Waals surface area contributed by atoms with Crippen LogP contribution in [0, 0.1) is 0 Å². The Morgan fingerprint density at radius 1 is 1.32 bits per heavy atom. The molecule has 0 saturated carbocycles. The molecule has 0 spiro atoms. The zero-order valence-corrected chi connectivity index (χ0v) is 12.6.